The molecule has 0 atom stereocenters. The van der Waals surface area contributed by atoms with Gasteiger partial charge in [-0.25, -0.2) is 8.78 Å². The summed E-state index contributed by atoms with van der Waals surface area (Å²) < 4.78 is 24.9. The summed E-state index contributed by atoms with van der Waals surface area (Å²) in [6.45, 7) is 0. The van der Waals surface area contributed by atoms with E-state index in [4.69, 9.17) is 5.26 Å². The SMILES string of the molecule is N#CCc1ccc(CBr)c(C(F)F)n1. The molecular formula is C9H7BrF2N2. The van der Waals surface area contributed by atoms with Gasteiger partial charge in [0.2, 0.25) is 0 Å². The second-order valence-electron chi connectivity index (χ2n) is 2.62. The molecule has 0 aliphatic carbocycles. The van der Waals surface area contributed by atoms with Crippen LogP contribution in [-0.2, 0) is 11.8 Å². The van der Waals surface area contributed by atoms with Gasteiger partial charge in [0.25, 0.3) is 6.43 Å². The summed E-state index contributed by atoms with van der Waals surface area (Å²) in [5.41, 5.74) is 0.601. The van der Waals surface area contributed by atoms with Crippen molar-refractivity contribution < 1.29 is 8.78 Å². The van der Waals surface area contributed by atoms with Crippen molar-refractivity contribution in [1.29, 1.82) is 5.26 Å². The third kappa shape index (κ3) is 2.48. The molecule has 1 aromatic heterocycles. The van der Waals surface area contributed by atoms with Crippen LogP contribution in [0.4, 0.5) is 8.78 Å². The van der Waals surface area contributed by atoms with E-state index in [0.29, 0.717) is 16.6 Å². The molecule has 14 heavy (non-hydrogen) atoms. The standard InChI is InChI=1S/C9H7BrF2N2/c10-5-6-1-2-7(3-4-13)14-8(6)9(11)12/h1-2,9H,3,5H2. The predicted molar refractivity (Wildman–Crippen MR) is 51.1 cm³/mol. The highest BCUT2D eigenvalue weighted by atomic mass is 79.9. The molecule has 0 unspecified atom stereocenters. The van der Waals surface area contributed by atoms with Crippen molar-refractivity contribution in [3.05, 3.63) is 29.1 Å². The number of nitrogens with zero attached hydrogens (tertiary/aromatic N) is 2. The Labute approximate surface area is 88.7 Å². The average molecular weight is 261 g/mol. The summed E-state index contributed by atoms with van der Waals surface area (Å²) in [6.07, 6.45) is -2.54. The first-order chi connectivity index (χ1) is 6.69. The Morgan fingerprint density at radius 2 is 2.21 bits per heavy atom. The van der Waals surface area contributed by atoms with E-state index < -0.39 is 6.43 Å². The summed E-state index contributed by atoms with van der Waals surface area (Å²) in [4.78, 5) is 3.73. The predicted octanol–water partition coefficient (Wildman–Crippen LogP) is 2.98. The van der Waals surface area contributed by atoms with E-state index in [2.05, 4.69) is 20.9 Å². The molecule has 2 nitrogen and oxygen atoms in total. The van der Waals surface area contributed by atoms with Crippen molar-refractivity contribution in [3.8, 4) is 6.07 Å². The van der Waals surface area contributed by atoms with Crippen LogP contribution in [0.5, 0.6) is 0 Å². The summed E-state index contributed by atoms with van der Waals surface area (Å²) in [6, 6.07) is 5.02. The molecule has 0 fully saturated rings. The molecule has 74 valence electrons. The largest absolute Gasteiger partial charge is 0.280 e. The van der Waals surface area contributed by atoms with Crippen molar-refractivity contribution in [1.82, 2.24) is 4.98 Å². The minimum Gasteiger partial charge on any atom is -0.250 e. The van der Waals surface area contributed by atoms with Gasteiger partial charge in [-0.05, 0) is 11.6 Å². The quantitative estimate of drug-likeness (QED) is 0.784. The molecule has 0 aliphatic rings. The maximum Gasteiger partial charge on any atom is 0.280 e. The van der Waals surface area contributed by atoms with Crippen LogP contribution in [0, 0.1) is 11.3 Å². The van der Waals surface area contributed by atoms with E-state index in [1.54, 1.807) is 12.1 Å². The number of halogens is 3. The maximum atomic E-state index is 12.5. The van der Waals surface area contributed by atoms with Crippen LogP contribution in [0.1, 0.15) is 23.4 Å². The fourth-order valence-electron chi connectivity index (χ4n) is 1.03. The lowest BCUT2D eigenvalue weighted by atomic mass is 10.2. The number of nitriles is 1. The first-order valence-electron chi connectivity index (χ1n) is 3.88. The topological polar surface area (TPSA) is 36.7 Å². The average Bonchev–Trinajstić information content (AvgIpc) is 2.18. The Balaban J connectivity index is 3.09. The summed E-state index contributed by atoms with van der Waals surface area (Å²) in [7, 11) is 0. The molecule has 0 bridgehead atoms. The Hall–Kier alpha value is -1.02. The van der Waals surface area contributed by atoms with Gasteiger partial charge in [0.05, 0.1) is 18.2 Å². The van der Waals surface area contributed by atoms with Crippen LogP contribution < -0.4 is 0 Å². The molecule has 5 heteroatoms. The second-order valence-corrected chi connectivity index (χ2v) is 3.18. The van der Waals surface area contributed by atoms with E-state index in [-0.39, 0.29) is 12.1 Å². The molecule has 0 amide bonds. The Kier molecular flexibility index (Phi) is 3.96. The van der Waals surface area contributed by atoms with Crippen molar-refractivity contribution >= 4 is 15.9 Å². The molecule has 1 heterocycles. The monoisotopic (exact) mass is 260 g/mol. The molecule has 0 aliphatic heterocycles. The van der Waals surface area contributed by atoms with Gasteiger partial charge in [-0.15, -0.1) is 0 Å². The molecule has 0 saturated carbocycles. The van der Waals surface area contributed by atoms with Crippen LogP contribution in [0.2, 0.25) is 0 Å². The summed E-state index contributed by atoms with van der Waals surface area (Å²) in [5, 5.41) is 8.73. The molecule has 1 aromatic rings. The van der Waals surface area contributed by atoms with Crippen LogP contribution in [0.15, 0.2) is 12.1 Å². The lowest BCUT2D eigenvalue weighted by Gasteiger charge is -2.06. The van der Waals surface area contributed by atoms with Gasteiger partial charge in [-0.1, -0.05) is 22.0 Å². The highest BCUT2D eigenvalue weighted by Crippen LogP contribution is 2.23. The van der Waals surface area contributed by atoms with Gasteiger partial charge in [0.15, 0.2) is 0 Å². The van der Waals surface area contributed by atoms with Gasteiger partial charge in [0, 0.05) is 5.33 Å². The number of aromatic nitrogens is 1. The zero-order valence-corrected chi connectivity index (χ0v) is 8.76. The third-order valence-corrected chi connectivity index (χ3v) is 2.28. The van der Waals surface area contributed by atoms with Crippen molar-refractivity contribution in [3.63, 3.8) is 0 Å². The van der Waals surface area contributed by atoms with E-state index in [1.165, 1.54) is 0 Å². The Morgan fingerprint density at radius 1 is 1.50 bits per heavy atom. The number of pyridine rings is 1. The molecule has 0 saturated heterocycles. The molecule has 0 spiro atoms. The molecule has 0 radical (unpaired) electrons. The first-order valence-corrected chi connectivity index (χ1v) is 5.01. The first kappa shape index (κ1) is 11.1. The van der Waals surface area contributed by atoms with E-state index in [9.17, 15) is 8.78 Å². The molecule has 0 N–H and O–H groups in total. The van der Waals surface area contributed by atoms with E-state index >= 15 is 0 Å². The summed E-state index contributed by atoms with van der Waals surface area (Å²) >= 11 is 3.10. The fraction of sp³-hybridized carbons (Fsp3) is 0.333. The normalized spacial score (nSPS) is 10.2. The minimum atomic E-state index is -2.60. The molecule has 1 rings (SSSR count). The minimum absolute atomic E-state index is 0.0578. The lowest BCUT2D eigenvalue weighted by molar-refractivity contribution is 0.145. The maximum absolute atomic E-state index is 12.5. The zero-order valence-electron chi connectivity index (χ0n) is 7.17. The Morgan fingerprint density at radius 3 is 2.71 bits per heavy atom. The smallest absolute Gasteiger partial charge is 0.250 e. The van der Waals surface area contributed by atoms with Crippen LogP contribution in [-0.4, -0.2) is 4.98 Å². The number of hydrogen-bond acceptors (Lipinski definition) is 2. The van der Waals surface area contributed by atoms with E-state index in [1.807, 2.05) is 6.07 Å². The molecule has 0 aromatic carbocycles. The number of alkyl halides is 3. The van der Waals surface area contributed by atoms with Crippen molar-refractivity contribution in [2.75, 3.05) is 0 Å². The van der Waals surface area contributed by atoms with Crippen LogP contribution >= 0.6 is 15.9 Å². The fourth-order valence-corrected chi connectivity index (χ4v) is 1.50. The molecular weight excluding hydrogens is 254 g/mol. The third-order valence-electron chi connectivity index (χ3n) is 1.68. The van der Waals surface area contributed by atoms with Crippen molar-refractivity contribution in [2.45, 2.75) is 18.2 Å². The highest BCUT2D eigenvalue weighted by Gasteiger charge is 2.14. The van der Waals surface area contributed by atoms with Crippen LogP contribution in [0.25, 0.3) is 0 Å². The van der Waals surface area contributed by atoms with Gasteiger partial charge >= 0.3 is 0 Å². The summed E-state index contributed by atoms with van der Waals surface area (Å²) in [5.74, 6) is 0. The number of hydrogen-bond donors (Lipinski definition) is 0. The van der Waals surface area contributed by atoms with Crippen LogP contribution in [0.3, 0.4) is 0 Å². The second kappa shape index (κ2) is 5.01. The highest BCUT2D eigenvalue weighted by molar-refractivity contribution is 9.08. The van der Waals surface area contributed by atoms with Crippen molar-refractivity contribution in [2.24, 2.45) is 0 Å². The van der Waals surface area contributed by atoms with Gasteiger partial charge in [-0.2, -0.15) is 5.26 Å². The van der Waals surface area contributed by atoms with Gasteiger partial charge in [0.1, 0.15) is 5.69 Å². The van der Waals surface area contributed by atoms with Gasteiger partial charge in [-0.3, -0.25) is 4.98 Å². The van der Waals surface area contributed by atoms with Gasteiger partial charge < -0.3 is 0 Å². The Bertz CT molecular complexity index is 360. The zero-order chi connectivity index (χ0) is 10.6. The van der Waals surface area contributed by atoms with E-state index in [0.717, 1.165) is 0 Å². The number of rotatable bonds is 3. The lowest BCUT2D eigenvalue weighted by Crippen LogP contribution is -2.00.